The third-order valence-corrected chi connectivity index (χ3v) is 12.8. The van der Waals surface area contributed by atoms with Gasteiger partial charge in [-0.1, -0.05) is 54.4 Å². The van der Waals surface area contributed by atoms with Crippen LogP contribution in [0.5, 0.6) is 0 Å². The Labute approximate surface area is 414 Å². The van der Waals surface area contributed by atoms with Crippen LogP contribution in [-0.4, -0.2) is 177 Å². The minimum atomic E-state index is -1.63. The molecule has 12 atom stereocenters. The SMILES string of the molecule is CC[C@H](C)[C@H](NC(=O)[C@@H](NC(=O)[C@H](CC(N)=O)NC(=O)[C@H](CC(C)C)NC(=O)[C@@H]1CCCN1C(=O)[C@H](CCCN=C(N)N)NC(=O)[C@@H]1CCCN1C(=O)[C@@H](NC(=O)[C@@H](N)CO)[C@@H](C)O)[C@@H](C)CC)C(=O)O. The zero-order valence-electron chi connectivity index (χ0n) is 42.0. The smallest absolute Gasteiger partial charge is 0.326 e. The molecule has 2 rings (SSSR count). The summed E-state index contributed by atoms with van der Waals surface area (Å²) in [7, 11) is 0. The number of amides is 9. The Balaban J connectivity index is 2.38. The van der Waals surface area contributed by atoms with Crippen molar-refractivity contribution >= 4 is 65.1 Å². The minimum absolute atomic E-state index is 0.0164. The quantitative estimate of drug-likeness (QED) is 0.0192. The van der Waals surface area contributed by atoms with Crippen LogP contribution in [0.1, 0.15) is 113 Å². The lowest BCUT2D eigenvalue weighted by molar-refractivity contribution is -0.146. The molecule has 0 aromatic rings. The number of aliphatic hydroxyl groups excluding tert-OH is 2. The number of aliphatic hydroxyl groups is 2. The Morgan fingerprint density at radius 1 is 0.648 bits per heavy atom. The molecule has 2 saturated heterocycles. The topological polar surface area (TPSA) is 426 Å². The third-order valence-electron chi connectivity index (χ3n) is 12.8. The maximum atomic E-state index is 14.5. The van der Waals surface area contributed by atoms with Gasteiger partial charge in [0.2, 0.25) is 53.2 Å². The van der Waals surface area contributed by atoms with Gasteiger partial charge in [0.1, 0.15) is 54.4 Å². The highest BCUT2D eigenvalue weighted by Crippen LogP contribution is 2.23. The van der Waals surface area contributed by atoms with Crippen LogP contribution >= 0.6 is 0 Å². The van der Waals surface area contributed by atoms with Crippen LogP contribution in [0.2, 0.25) is 0 Å². The van der Waals surface area contributed by atoms with Crippen molar-refractivity contribution in [2.45, 2.75) is 173 Å². The van der Waals surface area contributed by atoms with Gasteiger partial charge in [-0.25, -0.2) is 4.79 Å². The average molecular weight is 1010 g/mol. The van der Waals surface area contributed by atoms with Crippen molar-refractivity contribution in [1.29, 1.82) is 0 Å². The molecule has 0 spiro atoms. The molecule has 0 unspecified atom stereocenters. The number of hydrogen-bond donors (Lipinski definition) is 13. The van der Waals surface area contributed by atoms with Crippen LogP contribution in [0.15, 0.2) is 4.99 Å². The summed E-state index contributed by atoms with van der Waals surface area (Å²) in [6.45, 7) is 11.1. The number of nitrogens with zero attached hydrogens (tertiary/aromatic N) is 3. The van der Waals surface area contributed by atoms with Crippen molar-refractivity contribution in [1.82, 2.24) is 41.7 Å². The fourth-order valence-electron chi connectivity index (χ4n) is 8.28. The highest BCUT2D eigenvalue weighted by molar-refractivity contribution is 5.99. The van der Waals surface area contributed by atoms with Gasteiger partial charge in [-0.05, 0) is 69.6 Å². The third kappa shape index (κ3) is 18.5. The van der Waals surface area contributed by atoms with E-state index in [0.29, 0.717) is 25.7 Å². The summed E-state index contributed by atoms with van der Waals surface area (Å²) >= 11 is 0. The van der Waals surface area contributed by atoms with Crippen molar-refractivity contribution in [2.24, 2.45) is 45.7 Å². The number of aliphatic imine (C=N–C) groups is 1. The molecule has 9 amide bonds. The Morgan fingerprint density at radius 3 is 1.62 bits per heavy atom. The number of carboxylic acid groups (broad SMARTS) is 1. The van der Waals surface area contributed by atoms with Gasteiger partial charge in [0.25, 0.3) is 0 Å². The Kier molecular flexibility index (Phi) is 25.1. The minimum Gasteiger partial charge on any atom is -0.480 e. The number of nitrogens with one attached hydrogen (secondary N) is 6. The first-order valence-corrected chi connectivity index (χ1v) is 24.3. The van der Waals surface area contributed by atoms with Crippen LogP contribution in [0.4, 0.5) is 0 Å². The molecule has 26 heteroatoms. The fraction of sp³-hybridized carbons (Fsp3) is 0.756. The second-order valence-corrected chi connectivity index (χ2v) is 18.9. The summed E-state index contributed by atoms with van der Waals surface area (Å²) in [4.78, 5) is 141. The van der Waals surface area contributed by atoms with Crippen molar-refractivity contribution < 1.29 is 63.3 Å². The summed E-state index contributed by atoms with van der Waals surface area (Å²) in [5.41, 5.74) is 22.1. The van der Waals surface area contributed by atoms with Crippen LogP contribution in [0, 0.1) is 17.8 Å². The summed E-state index contributed by atoms with van der Waals surface area (Å²) in [5.74, 6) is -10.1. The van der Waals surface area contributed by atoms with E-state index < -0.39 is 144 Å². The molecule has 0 bridgehead atoms. The zero-order chi connectivity index (χ0) is 53.9. The number of likely N-dealkylation sites (tertiary alicyclic amines) is 2. The molecule has 402 valence electrons. The van der Waals surface area contributed by atoms with E-state index in [0.717, 1.165) is 0 Å². The normalized spacial score (nSPS) is 19.8. The first kappa shape index (κ1) is 61.0. The number of guanidine groups is 1. The lowest BCUT2D eigenvalue weighted by Crippen LogP contribution is -2.61. The monoisotopic (exact) mass is 1010 g/mol. The van der Waals surface area contributed by atoms with Gasteiger partial charge < -0.3 is 80.0 Å². The lowest BCUT2D eigenvalue weighted by Gasteiger charge is -2.33. The standard InChI is InChI=1S/C45H79N13O13/c1-8-23(5)33(41(67)55-34(44(70)71)24(6)9-2)54-38(64)29(20-32(47)61)52-37(63)28(19-22(3)4)53-40(66)30-14-11-17-57(30)42(68)27(13-10-16-50-45(48)49)51-39(65)31-15-12-18-58(31)43(69)35(25(7)60)56-36(62)26(46)21-59/h22-31,33-35,59-60H,8-21,46H2,1-7H3,(H2,47,61)(H,51,65)(H,52,63)(H,53,66)(H,54,64)(H,55,67)(H,56,62)(H,70,71)(H4,48,49,50)/t23-,24-,25+,26-,27-,28-,29-,30-,31-,33-,34-,35-/m0/s1. The van der Waals surface area contributed by atoms with E-state index in [-0.39, 0.29) is 63.6 Å². The molecule has 0 saturated carbocycles. The number of primary amides is 1. The summed E-state index contributed by atoms with van der Waals surface area (Å²) in [6, 6.07) is -11.9. The fourth-order valence-corrected chi connectivity index (χ4v) is 8.28. The molecule has 2 heterocycles. The second kappa shape index (κ2) is 29.3. The van der Waals surface area contributed by atoms with E-state index >= 15 is 0 Å². The van der Waals surface area contributed by atoms with Crippen LogP contribution in [-0.2, 0) is 47.9 Å². The number of carboxylic acids is 1. The molecule has 0 aromatic heterocycles. The Bertz CT molecular complexity index is 1920. The van der Waals surface area contributed by atoms with Crippen molar-refractivity contribution in [3.05, 3.63) is 0 Å². The van der Waals surface area contributed by atoms with Crippen molar-refractivity contribution in [3.8, 4) is 0 Å². The molecule has 0 aromatic carbocycles. The van der Waals surface area contributed by atoms with E-state index in [9.17, 15) is 63.3 Å². The predicted octanol–water partition coefficient (Wildman–Crippen LogP) is -4.27. The number of carbonyl (C=O) groups excluding carboxylic acids is 9. The maximum Gasteiger partial charge on any atom is 0.326 e. The first-order chi connectivity index (χ1) is 33.3. The number of aliphatic carboxylic acids is 1. The van der Waals surface area contributed by atoms with E-state index in [1.807, 2.05) is 0 Å². The van der Waals surface area contributed by atoms with Crippen LogP contribution in [0.25, 0.3) is 0 Å². The molecule has 2 aliphatic rings. The molecule has 2 aliphatic heterocycles. The van der Waals surface area contributed by atoms with Gasteiger partial charge >= 0.3 is 5.97 Å². The largest absolute Gasteiger partial charge is 0.480 e. The summed E-state index contributed by atoms with van der Waals surface area (Å²) in [6.07, 6.45) is -0.0817. The second-order valence-electron chi connectivity index (χ2n) is 18.9. The van der Waals surface area contributed by atoms with Crippen molar-refractivity contribution in [2.75, 3.05) is 26.2 Å². The zero-order valence-corrected chi connectivity index (χ0v) is 42.0. The van der Waals surface area contributed by atoms with Crippen LogP contribution < -0.4 is 54.8 Å². The average Bonchev–Trinajstić information content (AvgIpc) is 4.01. The molecular formula is C45H79N13O13. The molecule has 26 nitrogen and oxygen atoms in total. The van der Waals surface area contributed by atoms with Crippen molar-refractivity contribution in [3.63, 3.8) is 0 Å². The van der Waals surface area contributed by atoms with Gasteiger partial charge in [0, 0.05) is 19.6 Å². The van der Waals surface area contributed by atoms with Gasteiger partial charge in [-0.3, -0.25) is 48.1 Å². The van der Waals surface area contributed by atoms with Gasteiger partial charge in [-0.15, -0.1) is 0 Å². The van der Waals surface area contributed by atoms with E-state index in [1.165, 1.54) is 16.7 Å². The van der Waals surface area contributed by atoms with E-state index in [1.54, 1.807) is 41.5 Å². The number of nitrogens with two attached hydrogens (primary N) is 4. The molecule has 0 radical (unpaired) electrons. The van der Waals surface area contributed by atoms with Gasteiger partial charge in [0.15, 0.2) is 5.96 Å². The van der Waals surface area contributed by atoms with E-state index in [4.69, 9.17) is 22.9 Å². The Hall–Kier alpha value is -6.15. The Morgan fingerprint density at radius 2 is 1.14 bits per heavy atom. The van der Waals surface area contributed by atoms with Gasteiger partial charge in [-0.2, -0.15) is 0 Å². The highest BCUT2D eigenvalue weighted by Gasteiger charge is 2.43. The molecule has 2 fully saturated rings. The number of carbonyl (C=O) groups is 10. The lowest BCUT2D eigenvalue weighted by atomic mass is 9.95. The summed E-state index contributed by atoms with van der Waals surface area (Å²) in [5, 5.41) is 44.8. The predicted molar refractivity (Wildman–Crippen MR) is 258 cm³/mol. The van der Waals surface area contributed by atoms with E-state index in [2.05, 4.69) is 36.9 Å². The maximum absolute atomic E-state index is 14.5. The molecule has 0 aliphatic carbocycles. The molecule has 17 N–H and O–H groups in total. The highest BCUT2D eigenvalue weighted by atomic mass is 16.4. The number of rotatable bonds is 29. The first-order valence-electron chi connectivity index (χ1n) is 24.3. The van der Waals surface area contributed by atoms with Crippen LogP contribution in [0.3, 0.4) is 0 Å². The molecular weight excluding hydrogens is 931 g/mol. The molecule has 71 heavy (non-hydrogen) atoms. The summed E-state index contributed by atoms with van der Waals surface area (Å²) < 4.78 is 0. The number of hydrogen-bond acceptors (Lipinski definition) is 14. The van der Waals surface area contributed by atoms with Gasteiger partial charge in [0.05, 0.1) is 19.1 Å².